The van der Waals surface area contributed by atoms with Crippen molar-refractivity contribution >= 4 is 0 Å². The van der Waals surface area contributed by atoms with E-state index in [1.165, 1.54) is 18.4 Å². The van der Waals surface area contributed by atoms with Crippen LogP contribution in [0.15, 0.2) is 24.3 Å². The fraction of sp³-hybridized carbons (Fsp3) is 0.600. The predicted octanol–water partition coefficient (Wildman–Crippen LogP) is 1.74. The second kappa shape index (κ2) is 6.89. The number of hydrogen-bond donors (Lipinski definition) is 2. The van der Waals surface area contributed by atoms with E-state index in [4.69, 9.17) is 9.47 Å². The lowest BCUT2D eigenvalue weighted by Gasteiger charge is -2.24. The first-order chi connectivity index (χ1) is 9.28. The van der Waals surface area contributed by atoms with Crippen LogP contribution in [0.4, 0.5) is 0 Å². The van der Waals surface area contributed by atoms with Gasteiger partial charge < -0.3 is 19.9 Å². The Balaban J connectivity index is 2.05. The monoisotopic (exact) mass is 265 g/mol. The Bertz CT molecular complexity index is 375. The van der Waals surface area contributed by atoms with E-state index in [-0.39, 0.29) is 12.6 Å². The highest BCUT2D eigenvalue weighted by molar-refractivity contribution is 5.30. The molecule has 0 heterocycles. The van der Waals surface area contributed by atoms with Crippen LogP contribution < -0.4 is 10.1 Å². The highest BCUT2D eigenvalue weighted by atomic mass is 16.5. The van der Waals surface area contributed by atoms with Crippen LogP contribution in [0.5, 0.6) is 5.75 Å². The maximum absolute atomic E-state index is 9.37. The minimum Gasteiger partial charge on any atom is -0.497 e. The molecule has 2 atom stereocenters. The number of hydrogen-bond acceptors (Lipinski definition) is 4. The van der Waals surface area contributed by atoms with Crippen LogP contribution in [0.1, 0.15) is 24.4 Å². The molecule has 2 rings (SSSR count). The molecule has 0 saturated heterocycles. The fourth-order valence-corrected chi connectivity index (χ4v) is 2.35. The maximum atomic E-state index is 9.37. The Kier molecular flexibility index (Phi) is 5.19. The van der Waals surface area contributed by atoms with Gasteiger partial charge >= 0.3 is 0 Å². The van der Waals surface area contributed by atoms with Gasteiger partial charge in [-0.2, -0.15) is 0 Å². The van der Waals surface area contributed by atoms with Gasteiger partial charge in [-0.05, 0) is 36.5 Å². The molecular weight excluding hydrogens is 242 g/mol. The average molecular weight is 265 g/mol. The van der Waals surface area contributed by atoms with E-state index >= 15 is 0 Å². The van der Waals surface area contributed by atoms with Crippen LogP contribution in [0, 0.1) is 5.92 Å². The van der Waals surface area contributed by atoms with Gasteiger partial charge in [0.15, 0.2) is 0 Å². The largest absolute Gasteiger partial charge is 0.497 e. The molecule has 1 saturated carbocycles. The molecule has 0 bridgehead atoms. The number of nitrogens with one attached hydrogen (secondary N) is 1. The first-order valence-corrected chi connectivity index (χ1v) is 6.78. The van der Waals surface area contributed by atoms with Gasteiger partial charge in [0.25, 0.3) is 0 Å². The third-order valence-corrected chi connectivity index (χ3v) is 3.57. The van der Waals surface area contributed by atoms with Crippen molar-refractivity contribution in [3.05, 3.63) is 29.8 Å². The number of aliphatic hydroxyl groups excluding tert-OH is 1. The van der Waals surface area contributed by atoms with Crippen LogP contribution >= 0.6 is 0 Å². The fourth-order valence-electron chi connectivity index (χ4n) is 2.35. The van der Waals surface area contributed by atoms with Crippen LogP contribution in [-0.2, 0) is 4.74 Å². The normalized spacial score (nSPS) is 18.1. The van der Waals surface area contributed by atoms with Crippen molar-refractivity contribution in [3.63, 3.8) is 0 Å². The smallest absolute Gasteiger partial charge is 0.118 e. The minimum absolute atomic E-state index is 0.0160. The van der Waals surface area contributed by atoms with Crippen LogP contribution in [0.25, 0.3) is 0 Å². The molecule has 1 aliphatic carbocycles. The minimum atomic E-state index is -0.0160. The predicted molar refractivity (Wildman–Crippen MR) is 74.3 cm³/mol. The van der Waals surface area contributed by atoms with E-state index in [1.807, 2.05) is 12.1 Å². The molecule has 4 heteroatoms. The third-order valence-electron chi connectivity index (χ3n) is 3.57. The van der Waals surface area contributed by atoms with Gasteiger partial charge in [-0.15, -0.1) is 0 Å². The van der Waals surface area contributed by atoms with Gasteiger partial charge in [0.05, 0.1) is 26.4 Å². The van der Waals surface area contributed by atoms with Gasteiger partial charge in [-0.25, -0.2) is 0 Å². The number of rotatable bonds is 8. The van der Waals surface area contributed by atoms with E-state index in [2.05, 4.69) is 17.4 Å². The number of methoxy groups -OCH3 is 2. The highest BCUT2D eigenvalue weighted by Crippen LogP contribution is 2.41. The number of aliphatic hydroxyl groups is 1. The molecule has 106 valence electrons. The zero-order valence-corrected chi connectivity index (χ0v) is 11.6. The molecule has 0 aliphatic heterocycles. The Morgan fingerprint density at radius 3 is 2.42 bits per heavy atom. The van der Waals surface area contributed by atoms with Crippen LogP contribution in [-0.4, -0.2) is 38.6 Å². The Labute approximate surface area is 114 Å². The van der Waals surface area contributed by atoms with Gasteiger partial charge in [0.1, 0.15) is 5.75 Å². The number of ether oxygens (including phenoxy) is 2. The molecule has 0 radical (unpaired) electrons. The topological polar surface area (TPSA) is 50.7 Å². The Morgan fingerprint density at radius 2 is 1.95 bits per heavy atom. The first kappa shape index (κ1) is 14.3. The van der Waals surface area contributed by atoms with E-state index in [9.17, 15) is 5.11 Å². The molecule has 1 aromatic rings. The molecule has 4 nitrogen and oxygen atoms in total. The van der Waals surface area contributed by atoms with Gasteiger partial charge in [0, 0.05) is 13.2 Å². The van der Waals surface area contributed by atoms with Crippen molar-refractivity contribution in [1.29, 1.82) is 0 Å². The lowest BCUT2D eigenvalue weighted by molar-refractivity contribution is 0.120. The molecule has 2 unspecified atom stereocenters. The average Bonchev–Trinajstić information content (AvgIpc) is 3.28. The summed E-state index contributed by atoms with van der Waals surface area (Å²) in [4.78, 5) is 0. The van der Waals surface area contributed by atoms with E-state index < -0.39 is 0 Å². The van der Waals surface area contributed by atoms with Crippen molar-refractivity contribution < 1.29 is 14.6 Å². The van der Waals surface area contributed by atoms with Crippen LogP contribution in [0.2, 0.25) is 0 Å². The Hall–Kier alpha value is -1.10. The summed E-state index contributed by atoms with van der Waals surface area (Å²) in [5.74, 6) is 1.54. The van der Waals surface area contributed by atoms with E-state index in [0.29, 0.717) is 18.6 Å². The van der Waals surface area contributed by atoms with Crippen molar-refractivity contribution in [2.75, 3.05) is 27.4 Å². The molecule has 1 aromatic carbocycles. The molecule has 0 amide bonds. The molecule has 19 heavy (non-hydrogen) atoms. The summed E-state index contributed by atoms with van der Waals surface area (Å²) in [6.45, 7) is 0.614. The summed E-state index contributed by atoms with van der Waals surface area (Å²) < 4.78 is 10.3. The highest BCUT2D eigenvalue weighted by Gasteiger charge is 2.33. The quantitative estimate of drug-likeness (QED) is 0.752. The third kappa shape index (κ3) is 3.93. The first-order valence-electron chi connectivity index (χ1n) is 6.78. The SMILES string of the molecule is COCC(CO)NC(c1ccc(OC)cc1)C1CC1. The molecule has 1 fully saturated rings. The standard InChI is InChI=1S/C15H23NO3/c1-18-10-13(9-17)16-15(11-3-4-11)12-5-7-14(19-2)8-6-12/h5-8,11,13,15-17H,3-4,9-10H2,1-2H3. The molecule has 0 aromatic heterocycles. The van der Waals surface area contributed by atoms with E-state index in [0.717, 1.165) is 5.75 Å². The van der Waals surface area contributed by atoms with Crippen molar-refractivity contribution in [2.45, 2.75) is 24.9 Å². The second-order valence-corrected chi connectivity index (χ2v) is 5.09. The van der Waals surface area contributed by atoms with Crippen LogP contribution in [0.3, 0.4) is 0 Å². The zero-order chi connectivity index (χ0) is 13.7. The maximum Gasteiger partial charge on any atom is 0.118 e. The Morgan fingerprint density at radius 1 is 1.26 bits per heavy atom. The molecule has 0 spiro atoms. The lowest BCUT2D eigenvalue weighted by atomic mass is 10.0. The summed E-state index contributed by atoms with van der Waals surface area (Å²) in [6.07, 6.45) is 2.49. The van der Waals surface area contributed by atoms with E-state index in [1.54, 1.807) is 14.2 Å². The summed E-state index contributed by atoms with van der Waals surface area (Å²) in [5.41, 5.74) is 1.25. The van der Waals surface area contributed by atoms with Gasteiger partial charge in [-0.3, -0.25) is 0 Å². The lowest BCUT2D eigenvalue weighted by Crippen LogP contribution is -2.39. The molecular formula is C15H23NO3. The number of benzene rings is 1. The zero-order valence-electron chi connectivity index (χ0n) is 11.6. The summed E-state index contributed by atoms with van der Waals surface area (Å²) >= 11 is 0. The summed E-state index contributed by atoms with van der Waals surface area (Å²) in [5, 5.41) is 12.9. The molecule has 2 N–H and O–H groups in total. The van der Waals surface area contributed by atoms with Gasteiger partial charge in [0.2, 0.25) is 0 Å². The van der Waals surface area contributed by atoms with Crippen molar-refractivity contribution in [3.8, 4) is 5.75 Å². The summed E-state index contributed by atoms with van der Waals surface area (Å²) in [7, 11) is 3.33. The second-order valence-electron chi connectivity index (χ2n) is 5.09. The van der Waals surface area contributed by atoms with Crippen molar-refractivity contribution in [1.82, 2.24) is 5.32 Å². The molecule has 1 aliphatic rings. The van der Waals surface area contributed by atoms with Crippen molar-refractivity contribution in [2.24, 2.45) is 5.92 Å². The van der Waals surface area contributed by atoms with Gasteiger partial charge in [-0.1, -0.05) is 12.1 Å². The summed E-state index contributed by atoms with van der Waals surface area (Å²) in [6, 6.07) is 8.43.